The number of rotatable bonds is 7. The number of carbonyl (C=O) groups is 1. The highest BCUT2D eigenvalue weighted by molar-refractivity contribution is 5.66. The minimum absolute atomic E-state index is 0.280. The maximum Gasteiger partial charge on any atom is 0.309 e. The number of nitrogens with zero attached hydrogens (tertiary/aromatic N) is 1. The van der Waals surface area contributed by atoms with Crippen LogP contribution in [-0.4, -0.2) is 42.2 Å². The van der Waals surface area contributed by atoms with Crippen molar-refractivity contribution in [1.29, 1.82) is 0 Å². The van der Waals surface area contributed by atoms with Crippen LogP contribution in [0.25, 0.3) is 0 Å². The van der Waals surface area contributed by atoms with Crippen LogP contribution >= 0.6 is 0 Å². The van der Waals surface area contributed by atoms with Gasteiger partial charge in [-0.15, -0.1) is 0 Å². The average molecular weight is 202 g/mol. The Morgan fingerprint density at radius 1 is 1.36 bits per heavy atom. The SMILES string of the molecule is CC[N+](C)(CCC(=O)O)CCC(C)C. The van der Waals surface area contributed by atoms with Gasteiger partial charge in [-0.3, -0.25) is 4.79 Å². The fraction of sp³-hybridized carbons (Fsp3) is 0.909. The van der Waals surface area contributed by atoms with Crippen molar-refractivity contribution in [3.8, 4) is 0 Å². The molecule has 0 spiro atoms. The maximum atomic E-state index is 10.5. The molecule has 0 fully saturated rings. The number of quaternary nitrogens is 1. The molecule has 1 atom stereocenters. The zero-order valence-electron chi connectivity index (χ0n) is 9.92. The van der Waals surface area contributed by atoms with E-state index < -0.39 is 5.97 Å². The Kier molecular flexibility index (Phi) is 5.77. The highest BCUT2D eigenvalue weighted by Crippen LogP contribution is 2.09. The van der Waals surface area contributed by atoms with Gasteiger partial charge in [0.25, 0.3) is 0 Å². The zero-order valence-corrected chi connectivity index (χ0v) is 9.92. The quantitative estimate of drug-likeness (QED) is 0.641. The van der Waals surface area contributed by atoms with Gasteiger partial charge in [0, 0.05) is 0 Å². The van der Waals surface area contributed by atoms with Gasteiger partial charge in [-0.2, -0.15) is 0 Å². The normalized spacial score (nSPS) is 15.5. The molecule has 0 aliphatic carbocycles. The van der Waals surface area contributed by atoms with E-state index in [-0.39, 0.29) is 6.42 Å². The molecule has 1 N–H and O–H groups in total. The minimum atomic E-state index is -0.688. The van der Waals surface area contributed by atoms with Gasteiger partial charge in [-0.05, 0) is 19.3 Å². The Morgan fingerprint density at radius 3 is 2.29 bits per heavy atom. The van der Waals surface area contributed by atoms with Gasteiger partial charge in [0.2, 0.25) is 0 Å². The Hall–Kier alpha value is -0.570. The number of carboxylic acid groups (broad SMARTS) is 1. The number of hydrogen-bond acceptors (Lipinski definition) is 1. The first-order valence-corrected chi connectivity index (χ1v) is 5.45. The summed E-state index contributed by atoms with van der Waals surface area (Å²) < 4.78 is 0.879. The molecule has 0 aliphatic rings. The van der Waals surface area contributed by atoms with Crippen molar-refractivity contribution in [3.05, 3.63) is 0 Å². The third-order valence-electron chi connectivity index (χ3n) is 2.88. The minimum Gasteiger partial charge on any atom is -0.481 e. The molecule has 0 heterocycles. The predicted molar refractivity (Wildman–Crippen MR) is 58.2 cm³/mol. The molecule has 0 aliphatic heterocycles. The van der Waals surface area contributed by atoms with Gasteiger partial charge in [-0.25, -0.2) is 0 Å². The Labute approximate surface area is 87.3 Å². The van der Waals surface area contributed by atoms with E-state index >= 15 is 0 Å². The van der Waals surface area contributed by atoms with E-state index in [1.54, 1.807) is 0 Å². The van der Waals surface area contributed by atoms with Crippen molar-refractivity contribution in [1.82, 2.24) is 0 Å². The lowest BCUT2D eigenvalue weighted by Gasteiger charge is -2.33. The standard InChI is InChI=1S/C11H23NO2/c1-5-12(4,8-6-10(2)3)9-7-11(13)14/h10H,5-9H2,1-4H3/p+1. The maximum absolute atomic E-state index is 10.5. The van der Waals surface area contributed by atoms with Crippen LogP contribution in [0.3, 0.4) is 0 Å². The molecule has 0 saturated carbocycles. The van der Waals surface area contributed by atoms with E-state index in [1.165, 1.54) is 6.42 Å². The van der Waals surface area contributed by atoms with Crippen LogP contribution in [0.5, 0.6) is 0 Å². The van der Waals surface area contributed by atoms with Gasteiger partial charge < -0.3 is 9.59 Å². The smallest absolute Gasteiger partial charge is 0.309 e. The van der Waals surface area contributed by atoms with Gasteiger partial charge in [0.15, 0.2) is 0 Å². The summed E-state index contributed by atoms with van der Waals surface area (Å²) in [5, 5.41) is 8.64. The van der Waals surface area contributed by atoms with Crippen molar-refractivity contribution < 1.29 is 14.4 Å². The monoisotopic (exact) mass is 202 g/mol. The van der Waals surface area contributed by atoms with Crippen LogP contribution < -0.4 is 0 Å². The van der Waals surface area contributed by atoms with E-state index in [1.807, 2.05) is 0 Å². The molecular weight excluding hydrogens is 178 g/mol. The molecular formula is C11H24NO2+. The van der Waals surface area contributed by atoms with E-state index in [9.17, 15) is 4.79 Å². The summed E-state index contributed by atoms with van der Waals surface area (Å²) in [6.45, 7) is 9.39. The topological polar surface area (TPSA) is 37.3 Å². The molecule has 0 aromatic heterocycles. The first-order chi connectivity index (χ1) is 6.39. The van der Waals surface area contributed by atoms with Crippen LogP contribution in [0.2, 0.25) is 0 Å². The molecule has 0 aromatic rings. The first kappa shape index (κ1) is 13.4. The third-order valence-corrected chi connectivity index (χ3v) is 2.88. The van der Waals surface area contributed by atoms with Crippen LogP contribution in [0.4, 0.5) is 0 Å². The molecule has 3 heteroatoms. The third kappa shape index (κ3) is 5.97. The van der Waals surface area contributed by atoms with E-state index in [2.05, 4.69) is 27.8 Å². The molecule has 0 radical (unpaired) electrons. The molecule has 14 heavy (non-hydrogen) atoms. The van der Waals surface area contributed by atoms with E-state index in [0.29, 0.717) is 5.92 Å². The van der Waals surface area contributed by atoms with Gasteiger partial charge in [0.1, 0.15) is 0 Å². The second-order valence-corrected chi connectivity index (χ2v) is 4.71. The van der Waals surface area contributed by atoms with Crippen LogP contribution in [0.15, 0.2) is 0 Å². The lowest BCUT2D eigenvalue weighted by atomic mass is 10.1. The van der Waals surface area contributed by atoms with Crippen LogP contribution in [-0.2, 0) is 4.79 Å². The summed E-state index contributed by atoms with van der Waals surface area (Å²) in [6, 6.07) is 0. The van der Waals surface area contributed by atoms with Gasteiger partial charge >= 0.3 is 5.97 Å². The summed E-state index contributed by atoms with van der Waals surface area (Å²) >= 11 is 0. The van der Waals surface area contributed by atoms with E-state index in [0.717, 1.165) is 24.1 Å². The lowest BCUT2D eigenvalue weighted by molar-refractivity contribution is -0.907. The number of aliphatic carboxylic acids is 1. The number of hydrogen-bond donors (Lipinski definition) is 1. The van der Waals surface area contributed by atoms with E-state index in [4.69, 9.17) is 5.11 Å². The Balaban J connectivity index is 3.97. The molecule has 0 amide bonds. The predicted octanol–water partition coefficient (Wildman–Crippen LogP) is 1.97. The van der Waals surface area contributed by atoms with Gasteiger partial charge in [-0.1, -0.05) is 13.8 Å². The van der Waals surface area contributed by atoms with Crippen molar-refractivity contribution >= 4 is 5.97 Å². The van der Waals surface area contributed by atoms with Crippen molar-refractivity contribution in [2.75, 3.05) is 26.7 Å². The molecule has 84 valence electrons. The highest BCUT2D eigenvalue weighted by Gasteiger charge is 2.20. The second kappa shape index (κ2) is 6.02. The van der Waals surface area contributed by atoms with Crippen molar-refractivity contribution in [2.45, 2.75) is 33.6 Å². The Bertz CT molecular complexity index is 180. The van der Waals surface area contributed by atoms with Crippen molar-refractivity contribution in [2.24, 2.45) is 5.92 Å². The molecule has 0 rings (SSSR count). The molecule has 3 nitrogen and oxygen atoms in total. The van der Waals surface area contributed by atoms with Crippen LogP contribution in [0.1, 0.15) is 33.6 Å². The molecule has 0 saturated heterocycles. The largest absolute Gasteiger partial charge is 0.481 e. The van der Waals surface area contributed by atoms with Crippen molar-refractivity contribution in [3.63, 3.8) is 0 Å². The highest BCUT2D eigenvalue weighted by atomic mass is 16.4. The average Bonchev–Trinajstić information content (AvgIpc) is 2.11. The van der Waals surface area contributed by atoms with Crippen LogP contribution in [0, 0.1) is 5.92 Å². The lowest BCUT2D eigenvalue weighted by Crippen LogP contribution is -2.46. The summed E-state index contributed by atoms with van der Waals surface area (Å²) in [6.07, 6.45) is 1.45. The number of carboxylic acids is 1. The fourth-order valence-electron chi connectivity index (χ4n) is 1.36. The summed E-state index contributed by atoms with van der Waals surface area (Å²) in [7, 11) is 2.14. The van der Waals surface area contributed by atoms with Gasteiger partial charge in [0.05, 0.1) is 33.1 Å². The Morgan fingerprint density at radius 2 is 1.93 bits per heavy atom. The molecule has 0 aromatic carbocycles. The molecule has 0 bridgehead atoms. The molecule has 1 unspecified atom stereocenters. The summed E-state index contributed by atoms with van der Waals surface area (Å²) in [4.78, 5) is 10.5. The first-order valence-electron chi connectivity index (χ1n) is 5.45. The zero-order chi connectivity index (χ0) is 11.2. The second-order valence-electron chi connectivity index (χ2n) is 4.71. The summed E-state index contributed by atoms with van der Waals surface area (Å²) in [5.74, 6) is 0.0103. The summed E-state index contributed by atoms with van der Waals surface area (Å²) in [5.41, 5.74) is 0. The fourth-order valence-corrected chi connectivity index (χ4v) is 1.36.